The molecule has 0 bridgehead atoms. The molecule has 7 heteroatoms. The van der Waals surface area contributed by atoms with E-state index in [0.717, 1.165) is 25.9 Å². The Morgan fingerprint density at radius 2 is 2.10 bits per heavy atom. The highest BCUT2D eigenvalue weighted by atomic mass is 16.6. The fourth-order valence-electron chi connectivity index (χ4n) is 2.88. The van der Waals surface area contributed by atoms with Gasteiger partial charge in [-0.1, -0.05) is 13.3 Å². The van der Waals surface area contributed by atoms with E-state index in [1.807, 2.05) is 6.92 Å². The molecule has 1 N–H and O–H groups in total. The predicted molar refractivity (Wildman–Crippen MR) is 82.6 cm³/mol. The van der Waals surface area contributed by atoms with Crippen molar-refractivity contribution < 1.29 is 4.92 Å². The lowest BCUT2D eigenvalue weighted by atomic mass is 10.2. The maximum atomic E-state index is 11.3. The van der Waals surface area contributed by atoms with Gasteiger partial charge in [-0.25, -0.2) is 4.68 Å². The van der Waals surface area contributed by atoms with E-state index in [1.54, 1.807) is 11.7 Å². The average molecular weight is 295 g/mol. The third-order valence-corrected chi connectivity index (χ3v) is 3.90. The van der Waals surface area contributed by atoms with E-state index >= 15 is 0 Å². The first-order valence-electron chi connectivity index (χ1n) is 7.80. The van der Waals surface area contributed by atoms with Gasteiger partial charge in [0.25, 0.3) is 0 Å². The zero-order chi connectivity index (χ0) is 15.2. The molecule has 1 aliphatic heterocycles. The van der Waals surface area contributed by atoms with Gasteiger partial charge in [-0.05, 0) is 45.3 Å². The SMILES string of the molecule is CCCc1nn(C)c(NCCCN2CCCC2)c1[N+](=O)[O-]. The lowest BCUT2D eigenvalue weighted by Crippen LogP contribution is -2.22. The molecule has 0 radical (unpaired) electrons. The Bertz CT molecular complexity index is 480. The molecule has 1 fully saturated rings. The second kappa shape index (κ2) is 7.40. The predicted octanol–water partition coefficient (Wildman–Crippen LogP) is 2.18. The number of hydrogen-bond donors (Lipinski definition) is 1. The summed E-state index contributed by atoms with van der Waals surface area (Å²) in [6.07, 6.45) is 5.07. The molecular formula is C14H25N5O2. The first-order valence-corrected chi connectivity index (χ1v) is 7.80. The number of aromatic nitrogens is 2. The molecule has 2 rings (SSSR count). The van der Waals surface area contributed by atoms with Crippen molar-refractivity contribution in [3.05, 3.63) is 15.8 Å². The smallest absolute Gasteiger partial charge is 0.333 e. The fourth-order valence-corrected chi connectivity index (χ4v) is 2.88. The number of aryl methyl sites for hydroxylation is 2. The number of nitro groups is 1. The molecule has 0 amide bonds. The summed E-state index contributed by atoms with van der Waals surface area (Å²) in [6, 6.07) is 0. The van der Waals surface area contributed by atoms with E-state index in [-0.39, 0.29) is 10.6 Å². The molecule has 0 atom stereocenters. The standard InChI is InChI=1S/C14H25N5O2/c1-3-7-12-13(19(20)21)14(17(2)16-12)15-8-6-11-18-9-4-5-10-18/h15H,3-11H2,1-2H3. The van der Waals surface area contributed by atoms with Gasteiger partial charge in [0.05, 0.1) is 4.92 Å². The largest absolute Gasteiger partial charge is 0.364 e. The maximum absolute atomic E-state index is 11.3. The molecule has 2 heterocycles. The summed E-state index contributed by atoms with van der Waals surface area (Å²) in [7, 11) is 1.76. The Balaban J connectivity index is 1.93. The van der Waals surface area contributed by atoms with Gasteiger partial charge in [-0.15, -0.1) is 0 Å². The van der Waals surface area contributed by atoms with Crippen molar-refractivity contribution in [2.75, 3.05) is 31.5 Å². The van der Waals surface area contributed by atoms with Crippen LogP contribution in [0.15, 0.2) is 0 Å². The molecule has 1 saturated heterocycles. The minimum Gasteiger partial charge on any atom is -0.364 e. The van der Waals surface area contributed by atoms with Crippen LogP contribution in [0.3, 0.4) is 0 Å². The molecule has 1 aliphatic rings. The number of rotatable bonds is 8. The van der Waals surface area contributed by atoms with Crippen molar-refractivity contribution in [2.45, 2.75) is 39.0 Å². The van der Waals surface area contributed by atoms with Gasteiger partial charge in [0.15, 0.2) is 0 Å². The Morgan fingerprint density at radius 3 is 2.71 bits per heavy atom. The van der Waals surface area contributed by atoms with Gasteiger partial charge in [-0.3, -0.25) is 10.1 Å². The lowest BCUT2D eigenvalue weighted by molar-refractivity contribution is -0.384. The van der Waals surface area contributed by atoms with Crippen LogP contribution in [-0.4, -0.2) is 45.8 Å². The molecule has 1 aromatic heterocycles. The summed E-state index contributed by atoms with van der Waals surface area (Å²) in [5, 5.41) is 18.8. The number of likely N-dealkylation sites (tertiary alicyclic amines) is 1. The van der Waals surface area contributed by atoms with Crippen LogP contribution < -0.4 is 5.32 Å². The van der Waals surface area contributed by atoms with Crippen molar-refractivity contribution in [2.24, 2.45) is 7.05 Å². The molecule has 0 aromatic carbocycles. The number of anilines is 1. The summed E-state index contributed by atoms with van der Waals surface area (Å²) in [4.78, 5) is 13.4. The number of hydrogen-bond acceptors (Lipinski definition) is 5. The van der Waals surface area contributed by atoms with Gasteiger partial charge in [0, 0.05) is 13.6 Å². The zero-order valence-electron chi connectivity index (χ0n) is 13.0. The lowest BCUT2D eigenvalue weighted by Gasteiger charge is -2.14. The van der Waals surface area contributed by atoms with Crippen molar-refractivity contribution >= 4 is 11.5 Å². The summed E-state index contributed by atoms with van der Waals surface area (Å²) in [6.45, 7) is 6.17. The van der Waals surface area contributed by atoms with Crippen LogP contribution in [0.1, 0.15) is 38.3 Å². The average Bonchev–Trinajstić information content (AvgIpc) is 3.03. The number of nitrogens with one attached hydrogen (secondary N) is 1. The first-order chi connectivity index (χ1) is 10.1. The number of nitrogens with zero attached hydrogens (tertiary/aromatic N) is 4. The molecule has 0 unspecified atom stereocenters. The van der Waals surface area contributed by atoms with Gasteiger partial charge in [0.2, 0.25) is 5.82 Å². The molecule has 0 saturated carbocycles. The normalized spacial score (nSPS) is 15.5. The fraction of sp³-hybridized carbons (Fsp3) is 0.786. The molecule has 0 spiro atoms. The van der Waals surface area contributed by atoms with Gasteiger partial charge < -0.3 is 10.2 Å². The monoisotopic (exact) mass is 295 g/mol. The van der Waals surface area contributed by atoms with Gasteiger partial charge in [-0.2, -0.15) is 5.10 Å². The third-order valence-electron chi connectivity index (χ3n) is 3.90. The third kappa shape index (κ3) is 3.93. The molecule has 0 aliphatic carbocycles. The van der Waals surface area contributed by atoms with Crippen LogP contribution in [-0.2, 0) is 13.5 Å². The van der Waals surface area contributed by atoms with E-state index in [4.69, 9.17) is 0 Å². The minimum absolute atomic E-state index is 0.139. The van der Waals surface area contributed by atoms with Gasteiger partial charge >= 0.3 is 5.69 Å². The van der Waals surface area contributed by atoms with E-state index in [0.29, 0.717) is 17.9 Å². The Kier molecular flexibility index (Phi) is 5.55. The summed E-state index contributed by atoms with van der Waals surface area (Å²) in [5.74, 6) is 0.532. The van der Waals surface area contributed by atoms with E-state index in [1.165, 1.54) is 25.9 Å². The minimum atomic E-state index is -0.319. The maximum Gasteiger partial charge on any atom is 0.333 e. The topological polar surface area (TPSA) is 76.2 Å². The van der Waals surface area contributed by atoms with Crippen LogP contribution >= 0.6 is 0 Å². The van der Waals surface area contributed by atoms with E-state index in [2.05, 4.69) is 15.3 Å². The first kappa shape index (κ1) is 15.8. The van der Waals surface area contributed by atoms with E-state index in [9.17, 15) is 10.1 Å². The van der Waals surface area contributed by atoms with E-state index < -0.39 is 0 Å². The highest BCUT2D eigenvalue weighted by Crippen LogP contribution is 2.28. The second-order valence-electron chi connectivity index (χ2n) is 5.60. The van der Waals surface area contributed by atoms with Crippen molar-refractivity contribution in [3.8, 4) is 0 Å². The zero-order valence-corrected chi connectivity index (χ0v) is 13.0. The Labute approximate surface area is 125 Å². The molecule has 21 heavy (non-hydrogen) atoms. The van der Waals surface area contributed by atoms with Gasteiger partial charge in [0.1, 0.15) is 5.69 Å². The van der Waals surface area contributed by atoms with Crippen LogP contribution in [0.25, 0.3) is 0 Å². The Morgan fingerprint density at radius 1 is 1.38 bits per heavy atom. The van der Waals surface area contributed by atoms with Crippen molar-refractivity contribution in [1.29, 1.82) is 0 Å². The molecule has 1 aromatic rings. The molecular weight excluding hydrogens is 270 g/mol. The van der Waals surface area contributed by atoms with Crippen molar-refractivity contribution in [1.82, 2.24) is 14.7 Å². The van der Waals surface area contributed by atoms with Crippen LogP contribution in [0.5, 0.6) is 0 Å². The van der Waals surface area contributed by atoms with Crippen LogP contribution in [0.4, 0.5) is 11.5 Å². The second-order valence-corrected chi connectivity index (χ2v) is 5.60. The quantitative estimate of drug-likeness (QED) is 0.452. The summed E-state index contributed by atoms with van der Waals surface area (Å²) >= 11 is 0. The summed E-state index contributed by atoms with van der Waals surface area (Å²) < 4.78 is 1.60. The Hall–Kier alpha value is -1.63. The van der Waals surface area contributed by atoms with Crippen molar-refractivity contribution in [3.63, 3.8) is 0 Å². The summed E-state index contributed by atoms with van der Waals surface area (Å²) in [5.41, 5.74) is 0.715. The van der Waals surface area contributed by atoms with Crippen LogP contribution in [0, 0.1) is 10.1 Å². The molecule has 118 valence electrons. The molecule has 7 nitrogen and oxygen atoms in total. The van der Waals surface area contributed by atoms with Crippen LogP contribution in [0.2, 0.25) is 0 Å². The highest BCUT2D eigenvalue weighted by molar-refractivity contribution is 5.59. The highest BCUT2D eigenvalue weighted by Gasteiger charge is 2.25.